The molecule has 0 aliphatic carbocycles. The van der Waals surface area contributed by atoms with Crippen LogP contribution in [0.5, 0.6) is 0 Å². The third-order valence-electron chi connectivity index (χ3n) is 5.76. The molecule has 0 radical (unpaired) electrons. The van der Waals surface area contributed by atoms with Gasteiger partial charge in [0.15, 0.2) is 0 Å². The SMILES string of the molecule is Cn1c(CN2CCN(S(=O)(=O)c3ccc4[nH]c(=O)[nH]c4c3)CC2)nc2cc(Cl)ccc21. The molecule has 1 saturated heterocycles. The first-order valence-electron chi connectivity index (χ1n) is 9.87. The number of sulfonamides is 1. The van der Waals surface area contributed by atoms with Crippen LogP contribution in [0.4, 0.5) is 0 Å². The van der Waals surface area contributed by atoms with E-state index in [4.69, 9.17) is 11.6 Å². The highest BCUT2D eigenvalue weighted by molar-refractivity contribution is 7.89. The number of hydrogen-bond acceptors (Lipinski definition) is 5. The Hall–Kier alpha value is -2.66. The zero-order chi connectivity index (χ0) is 21.8. The van der Waals surface area contributed by atoms with Gasteiger partial charge in [0.2, 0.25) is 10.0 Å². The molecule has 1 fully saturated rings. The first kappa shape index (κ1) is 20.3. The predicted molar refractivity (Wildman–Crippen MR) is 119 cm³/mol. The molecule has 3 heterocycles. The Bertz CT molecular complexity index is 1450. The van der Waals surface area contributed by atoms with Crippen molar-refractivity contribution in [2.24, 2.45) is 7.05 Å². The summed E-state index contributed by atoms with van der Waals surface area (Å²) in [4.78, 5) is 23.7. The van der Waals surface area contributed by atoms with Gasteiger partial charge in [-0.15, -0.1) is 0 Å². The van der Waals surface area contributed by atoms with Crippen molar-refractivity contribution in [3.8, 4) is 0 Å². The van der Waals surface area contributed by atoms with E-state index in [9.17, 15) is 13.2 Å². The molecule has 0 bridgehead atoms. The summed E-state index contributed by atoms with van der Waals surface area (Å²) in [5, 5.41) is 0.651. The van der Waals surface area contributed by atoms with Crippen molar-refractivity contribution < 1.29 is 8.42 Å². The van der Waals surface area contributed by atoms with Gasteiger partial charge in [-0.1, -0.05) is 11.6 Å². The number of aromatic amines is 2. The van der Waals surface area contributed by atoms with E-state index >= 15 is 0 Å². The molecule has 2 N–H and O–H groups in total. The molecule has 1 aliphatic rings. The maximum Gasteiger partial charge on any atom is 0.323 e. The number of rotatable bonds is 4. The Balaban J connectivity index is 1.30. The van der Waals surface area contributed by atoms with E-state index < -0.39 is 10.0 Å². The number of piperazine rings is 1. The monoisotopic (exact) mass is 460 g/mol. The summed E-state index contributed by atoms with van der Waals surface area (Å²) in [5.74, 6) is 0.912. The average Bonchev–Trinajstić information content (AvgIpc) is 3.26. The average molecular weight is 461 g/mol. The summed E-state index contributed by atoms with van der Waals surface area (Å²) in [6.07, 6.45) is 0. The van der Waals surface area contributed by atoms with E-state index in [0.717, 1.165) is 16.9 Å². The third-order valence-corrected chi connectivity index (χ3v) is 7.89. The van der Waals surface area contributed by atoms with E-state index in [1.54, 1.807) is 6.07 Å². The van der Waals surface area contributed by atoms with Crippen LogP contribution in [0, 0.1) is 0 Å². The molecular weight excluding hydrogens is 440 g/mol. The molecule has 5 rings (SSSR count). The molecule has 0 saturated carbocycles. The number of H-pyrrole nitrogens is 2. The van der Waals surface area contributed by atoms with E-state index in [0.29, 0.717) is 48.8 Å². The second-order valence-corrected chi connectivity index (χ2v) is 10.1. The second kappa shape index (κ2) is 7.49. The molecule has 0 amide bonds. The van der Waals surface area contributed by atoms with E-state index in [1.807, 2.05) is 29.8 Å². The lowest BCUT2D eigenvalue weighted by molar-refractivity contribution is 0.177. The minimum atomic E-state index is -3.64. The number of hydrogen-bond donors (Lipinski definition) is 2. The number of fused-ring (bicyclic) bond motifs is 2. The number of benzene rings is 2. The second-order valence-electron chi connectivity index (χ2n) is 7.69. The van der Waals surface area contributed by atoms with Crippen molar-refractivity contribution in [2.75, 3.05) is 26.2 Å². The topological polar surface area (TPSA) is 107 Å². The van der Waals surface area contributed by atoms with Gasteiger partial charge >= 0.3 is 5.69 Å². The first-order valence-corrected chi connectivity index (χ1v) is 11.7. The van der Waals surface area contributed by atoms with E-state index in [2.05, 4.69) is 19.9 Å². The fourth-order valence-corrected chi connectivity index (χ4v) is 5.63. The Labute approximate surface area is 183 Å². The Morgan fingerprint density at radius 1 is 1.03 bits per heavy atom. The van der Waals surface area contributed by atoms with Crippen molar-refractivity contribution in [1.82, 2.24) is 28.7 Å². The van der Waals surface area contributed by atoms with Crippen LogP contribution in [0.3, 0.4) is 0 Å². The molecule has 4 aromatic rings. The fourth-order valence-electron chi connectivity index (χ4n) is 4.01. The lowest BCUT2D eigenvalue weighted by Gasteiger charge is -2.33. The lowest BCUT2D eigenvalue weighted by Crippen LogP contribution is -2.48. The zero-order valence-corrected chi connectivity index (χ0v) is 18.4. The minimum Gasteiger partial charge on any atom is -0.330 e. The summed E-state index contributed by atoms with van der Waals surface area (Å²) in [6.45, 7) is 2.62. The highest BCUT2D eigenvalue weighted by Gasteiger charge is 2.29. The number of nitrogens with one attached hydrogen (secondary N) is 2. The van der Waals surface area contributed by atoms with Gasteiger partial charge in [-0.3, -0.25) is 4.90 Å². The van der Waals surface area contributed by atoms with Gasteiger partial charge in [-0.25, -0.2) is 18.2 Å². The highest BCUT2D eigenvalue weighted by atomic mass is 35.5. The summed E-state index contributed by atoms with van der Waals surface area (Å²) in [7, 11) is -1.67. The first-order chi connectivity index (χ1) is 14.8. The molecule has 1 aliphatic heterocycles. The van der Waals surface area contributed by atoms with Crippen LogP contribution in [-0.4, -0.2) is 63.3 Å². The summed E-state index contributed by atoms with van der Waals surface area (Å²) < 4.78 is 29.7. The van der Waals surface area contributed by atoms with Crippen LogP contribution < -0.4 is 5.69 Å². The summed E-state index contributed by atoms with van der Waals surface area (Å²) >= 11 is 6.07. The molecule has 162 valence electrons. The molecule has 9 nitrogen and oxygen atoms in total. The van der Waals surface area contributed by atoms with Crippen LogP contribution in [0.25, 0.3) is 22.1 Å². The van der Waals surface area contributed by atoms with E-state index in [-0.39, 0.29) is 10.6 Å². The molecular formula is C20H21ClN6O3S. The molecule has 0 spiro atoms. The standard InChI is InChI=1S/C20H21ClN6O3S/c1-25-18-5-2-13(21)10-17(18)22-19(25)12-26-6-8-27(9-7-26)31(29,30)14-3-4-15-16(11-14)24-20(28)23-15/h2-5,10-11H,6-9,12H2,1H3,(H2,23,24,28). The van der Waals surface area contributed by atoms with Crippen LogP contribution in [0.2, 0.25) is 5.02 Å². The van der Waals surface area contributed by atoms with Crippen molar-refractivity contribution in [3.63, 3.8) is 0 Å². The Morgan fingerprint density at radius 2 is 1.77 bits per heavy atom. The normalized spacial score (nSPS) is 16.5. The molecule has 31 heavy (non-hydrogen) atoms. The van der Waals surface area contributed by atoms with Gasteiger partial charge in [0.05, 0.1) is 33.5 Å². The fraction of sp³-hybridized carbons (Fsp3) is 0.300. The Kier molecular flexibility index (Phi) is 4.89. The highest BCUT2D eigenvalue weighted by Crippen LogP contribution is 2.23. The van der Waals surface area contributed by atoms with E-state index in [1.165, 1.54) is 16.4 Å². The molecule has 0 atom stereocenters. The smallest absolute Gasteiger partial charge is 0.323 e. The summed E-state index contributed by atoms with van der Waals surface area (Å²) in [5.41, 5.74) is 2.56. The van der Waals surface area contributed by atoms with Crippen molar-refractivity contribution in [3.05, 3.63) is 57.7 Å². The number of aryl methyl sites for hydroxylation is 1. The van der Waals surface area contributed by atoms with Gasteiger partial charge in [0.25, 0.3) is 0 Å². The maximum atomic E-state index is 13.1. The van der Waals surface area contributed by atoms with Crippen molar-refractivity contribution in [1.29, 1.82) is 0 Å². The summed E-state index contributed by atoms with van der Waals surface area (Å²) in [6, 6.07) is 10.3. The van der Waals surface area contributed by atoms with Crippen molar-refractivity contribution >= 4 is 43.7 Å². The zero-order valence-electron chi connectivity index (χ0n) is 16.8. The molecule has 11 heteroatoms. The van der Waals surface area contributed by atoms with Crippen LogP contribution >= 0.6 is 11.6 Å². The van der Waals surface area contributed by atoms with Gasteiger partial charge in [-0.2, -0.15) is 4.31 Å². The van der Waals surface area contributed by atoms with Crippen LogP contribution in [-0.2, 0) is 23.6 Å². The lowest BCUT2D eigenvalue weighted by atomic mass is 10.3. The third kappa shape index (κ3) is 3.65. The number of aromatic nitrogens is 4. The van der Waals surface area contributed by atoms with Crippen LogP contribution in [0.1, 0.15) is 5.82 Å². The van der Waals surface area contributed by atoms with Gasteiger partial charge in [-0.05, 0) is 36.4 Å². The Morgan fingerprint density at radius 3 is 2.55 bits per heavy atom. The molecule has 2 aromatic carbocycles. The molecule has 2 aromatic heterocycles. The number of imidazole rings is 2. The minimum absolute atomic E-state index is 0.177. The van der Waals surface area contributed by atoms with Gasteiger partial charge < -0.3 is 14.5 Å². The number of halogens is 1. The van der Waals surface area contributed by atoms with Gasteiger partial charge in [0.1, 0.15) is 5.82 Å². The predicted octanol–water partition coefficient (Wildman–Crippen LogP) is 1.90. The van der Waals surface area contributed by atoms with Gasteiger partial charge in [0, 0.05) is 38.2 Å². The van der Waals surface area contributed by atoms with Crippen molar-refractivity contribution in [2.45, 2.75) is 11.4 Å². The number of nitrogens with zero attached hydrogens (tertiary/aromatic N) is 4. The molecule has 0 unspecified atom stereocenters. The largest absolute Gasteiger partial charge is 0.330 e. The quantitative estimate of drug-likeness (QED) is 0.483. The van der Waals surface area contributed by atoms with Crippen LogP contribution in [0.15, 0.2) is 46.1 Å². The maximum absolute atomic E-state index is 13.1.